The fourth-order valence-electron chi connectivity index (χ4n) is 2.78. The SMILES string of the molecule is COC1(CC(N)Cc2c(C)nn(C)c2Cl)CCC1. The molecule has 102 valence electrons. The maximum absolute atomic E-state index is 6.25. The Hall–Kier alpha value is -0.580. The molecule has 0 amide bonds. The number of methoxy groups -OCH3 is 1. The minimum absolute atomic E-state index is 0.0159. The molecule has 1 aromatic heterocycles. The quantitative estimate of drug-likeness (QED) is 0.893. The number of ether oxygens (including phenoxy) is 1. The van der Waals surface area contributed by atoms with Crippen LogP contribution in [0.15, 0.2) is 0 Å². The molecule has 5 heteroatoms. The number of hydrogen-bond acceptors (Lipinski definition) is 3. The standard InChI is InChI=1S/C13H22ClN3O/c1-9-11(12(14)17(2)16-9)7-10(15)8-13(18-3)5-4-6-13/h10H,4-8,15H2,1-3H3. The number of nitrogens with zero attached hydrogens (tertiary/aromatic N) is 2. The Morgan fingerprint density at radius 1 is 1.56 bits per heavy atom. The lowest BCUT2D eigenvalue weighted by molar-refractivity contribution is -0.0813. The van der Waals surface area contributed by atoms with Crippen molar-refractivity contribution in [2.75, 3.05) is 7.11 Å². The third-order valence-corrected chi connectivity index (χ3v) is 4.54. The van der Waals surface area contributed by atoms with Crippen LogP contribution in [0.4, 0.5) is 0 Å². The highest BCUT2D eigenvalue weighted by Gasteiger charge is 2.38. The Labute approximate surface area is 113 Å². The van der Waals surface area contributed by atoms with Gasteiger partial charge in [-0.1, -0.05) is 11.6 Å². The fraction of sp³-hybridized carbons (Fsp3) is 0.769. The van der Waals surface area contributed by atoms with Crippen LogP contribution < -0.4 is 5.73 Å². The maximum atomic E-state index is 6.25. The summed E-state index contributed by atoms with van der Waals surface area (Å²) < 4.78 is 7.32. The predicted octanol–water partition coefficient (Wildman–Crippen LogP) is 2.21. The summed E-state index contributed by atoms with van der Waals surface area (Å²) in [6.45, 7) is 1.98. The van der Waals surface area contributed by atoms with Crippen molar-refractivity contribution >= 4 is 11.6 Å². The zero-order valence-corrected chi connectivity index (χ0v) is 12.1. The number of aryl methyl sites for hydroxylation is 2. The number of hydrogen-bond donors (Lipinski definition) is 1. The molecule has 0 bridgehead atoms. The van der Waals surface area contributed by atoms with Gasteiger partial charge < -0.3 is 10.5 Å². The molecule has 2 N–H and O–H groups in total. The fourth-order valence-corrected chi connectivity index (χ4v) is 3.03. The van der Waals surface area contributed by atoms with Gasteiger partial charge in [0.2, 0.25) is 0 Å². The summed E-state index contributed by atoms with van der Waals surface area (Å²) in [5, 5.41) is 5.01. The average Bonchev–Trinajstić information content (AvgIpc) is 2.51. The molecule has 1 heterocycles. The summed E-state index contributed by atoms with van der Waals surface area (Å²) in [6, 6.07) is 0.0747. The molecule has 1 aliphatic carbocycles. The predicted molar refractivity (Wildman–Crippen MR) is 72.8 cm³/mol. The number of rotatable bonds is 5. The molecule has 1 aromatic rings. The van der Waals surface area contributed by atoms with Crippen LogP contribution in [-0.2, 0) is 18.2 Å². The topological polar surface area (TPSA) is 53.1 Å². The van der Waals surface area contributed by atoms with Crippen LogP contribution in [0.1, 0.15) is 36.9 Å². The van der Waals surface area contributed by atoms with E-state index in [0.717, 1.165) is 36.9 Å². The molecule has 1 fully saturated rings. The van der Waals surface area contributed by atoms with Crippen molar-refractivity contribution in [2.45, 2.75) is 50.7 Å². The molecule has 0 spiro atoms. The molecule has 2 rings (SSSR count). The minimum Gasteiger partial charge on any atom is -0.378 e. The van der Waals surface area contributed by atoms with Gasteiger partial charge in [0.15, 0.2) is 0 Å². The van der Waals surface area contributed by atoms with E-state index in [2.05, 4.69) is 5.10 Å². The lowest BCUT2D eigenvalue weighted by Crippen LogP contribution is -2.45. The van der Waals surface area contributed by atoms with Crippen molar-refractivity contribution in [1.82, 2.24) is 9.78 Å². The average molecular weight is 272 g/mol. The van der Waals surface area contributed by atoms with E-state index >= 15 is 0 Å². The van der Waals surface area contributed by atoms with Crippen molar-refractivity contribution in [3.63, 3.8) is 0 Å². The summed E-state index contributed by atoms with van der Waals surface area (Å²) in [7, 11) is 3.64. The van der Waals surface area contributed by atoms with Crippen LogP contribution in [0, 0.1) is 6.92 Å². The molecular weight excluding hydrogens is 250 g/mol. The van der Waals surface area contributed by atoms with Gasteiger partial charge in [-0.25, -0.2) is 0 Å². The third-order valence-electron chi connectivity index (χ3n) is 4.07. The van der Waals surface area contributed by atoms with Crippen LogP contribution >= 0.6 is 11.6 Å². The Morgan fingerprint density at radius 3 is 2.61 bits per heavy atom. The van der Waals surface area contributed by atoms with Crippen molar-refractivity contribution < 1.29 is 4.74 Å². The highest BCUT2D eigenvalue weighted by atomic mass is 35.5. The zero-order valence-electron chi connectivity index (χ0n) is 11.4. The molecule has 1 atom stereocenters. The van der Waals surface area contributed by atoms with Crippen LogP contribution in [-0.4, -0.2) is 28.5 Å². The van der Waals surface area contributed by atoms with Gasteiger partial charge in [0, 0.05) is 25.8 Å². The second-order valence-corrected chi connectivity index (χ2v) is 5.75. The molecule has 4 nitrogen and oxygen atoms in total. The molecule has 0 aromatic carbocycles. The molecule has 1 saturated carbocycles. The lowest BCUT2D eigenvalue weighted by Gasteiger charge is -2.42. The molecular formula is C13H22ClN3O. The summed E-state index contributed by atoms with van der Waals surface area (Å²) >= 11 is 6.22. The Bertz CT molecular complexity index is 421. The monoisotopic (exact) mass is 271 g/mol. The highest BCUT2D eigenvalue weighted by molar-refractivity contribution is 6.30. The first-order valence-corrected chi connectivity index (χ1v) is 6.84. The minimum atomic E-state index is 0.0159. The molecule has 0 saturated heterocycles. The third kappa shape index (κ3) is 2.56. The van der Waals surface area contributed by atoms with Crippen molar-refractivity contribution in [1.29, 1.82) is 0 Å². The van der Waals surface area contributed by atoms with E-state index in [9.17, 15) is 0 Å². The number of aromatic nitrogens is 2. The molecule has 0 aliphatic heterocycles. The molecule has 1 unspecified atom stereocenters. The van der Waals surface area contributed by atoms with E-state index < -0.39 is 0 Å². The van der Waals surface area contributed by atoms with E-state index in [1.54, 1.807) is 11.8 Å². The van der Waals surface area contributed by atoms with Crippen LogP contribution in [0.5, 0.6) is 0 Å². The van der Waals surface area contributed by atoms with Gasteiger partial charge in [0.1, 0.15) is 5.15 Å². The van der Waals surface area contributed by atoms with E-state index in [4.69, 9.17) is 22.1 Å². The Balaban J connectivity index is 2.00. The molecule has 1 aliphatic rings. The van der Waals surface area contributed by atoms with E-state index in [-0.39, 0.29) is 11.6 Å². The smallest absolute Gasteiger partial charge is 0.130 e. The number of halogens is 1. The van der Waals surface area contributed by atoms with Crippen molar-refractivity contribution in [2.24, 2.45) is 12.8 Å². The Morgan fingerprint density at radius 2 is 2.22 bits per heavy atom. The van der Waals surface area contributed by atoms with Crippen molar-refractivity contribution in [3.05, 3.63) is 16.4 Å². The van der Waals surface area contributed by atoms with E-state index in [0.29, 0.717) is 5.15 Å². The second-order valence-electron chi connectivity index (χ2n) is 5.39. The van der Waals surface area contributed by atoms with E-state index in [1.165, 1.54) is 6.42 Å². The lowest BCUT2D eigenvalue weighted by atomic mass is 9.75. The van der Waals surface area contributed by atoms with Crippen LogP contribution in [0.2, 0.25) is 5.15 Å². The highest BCUT2D eigenvalue weighted by Crippen LogP contribution is 2.39. The summed E-state index contributed by atoms with van der Waals surface area (Å²) in [5.74, 6) is 0. The molecule has 0 radical (unpaired) electrons. The van der Waals surface area contributed by atoms with Gasteiger partial charge in [-0.15, -0.1) is 0 Å². The van der Waals surface area contributed by atoms with Gasteiger partial charge >= 0.3 is 0 Å². The van der Waals surface area contributed by atoms with Gasteiger partial charge in [0.05, 0.1) is 11.3 Å². The normalized spacial score (nSPS) is 19.6. The summed E-state index contributed by atoms with van der Waals surface area (Å²) in [4.78, 5) is 0. The maximum Gasteiger partial charge on any atom is 0.130 e. The largest absolute Gasteiger partial charge is 0.378 e. The number of nitrogens with two attached hydrogens (primary N) is 1. The first-order chi connectivity index (χ1) is 8.47. The van der Waals surface area contributed by atoms with E-state index in [1.807, 2.05) is 14.0 Å². The van der Waals surface area contributed by atoms with Crippen molar-refractivity contribution in [3.8, 4) is 0 Å². The summed E-state index contributed by atoms with van der Waals surface area (Å²) in [5.41, 5.74) is 8.30. The Kier molecular flexibility index (Phi) is 3.99. The first kappa shape index (κ1) is 13.8. The van der Waals surface area contributed by atoms with Gasteiger partial charge in [-0.2, -0.15) is 5.10 Å². The van der Waals surface area contributed by atoms with Crippen LogP contribution in [0.25, 0.3) is 0 Å². The molecule has 18 heavy (non-hydrogen) atoms. The van der Waals surface area contributed by atoms with Gasteiger partial charge in [0.25, 0.3) is 0 Å². The second kappa shape index (κ2) is 5.19. The van der Waals surface area contributed by atoms with Gasteiger partial charge in [-0.3, -0.25) is 4.68 Å². The van der Waals surface area contributed by atoms with Crippen LogP contribution in [0.3, 0.4) is 0 Å². The summed E-state index contributed by atoms with van der Waals surface area (Å²) in [6.07, 6.45) is 5.15. The first-order valence-electron chi connectivity index (χ1n) is 6.46. The zero-order chi connectivity index (χ0) is 13.3. The van der Waals surface area contributed by atoms with Gasteiger partial charge in [-0.05, 0) is 39.0 Å².